The van der Waals surface area contributed by atoms with Gasteiger partial charge in [-0.1, -0.05) is 36.4 Å². The summed E-state index contributed by atoms with van der Waals surface area (Å²) >= 11 is 2.17. The maximum absolute atomic E-state index is 13.4. The van der Waals surface area contributed by atoms with Crippen molar-refractivity contribution in [2.24, 2.45) is 0 Å². The SMILES string of the molecule is O=C(NCC(F)(F)C(=O)O)c1ccc(CN(C(=O)Nc2cccc(I)c2)c2ccc(C3=CCCCC3)cc2)cc1. The second kappa shape index (κ2) is 13.0. The minimum absolute atomic E-state index is 0.0879. The van der Waals surface area contributed by atoms with Gasteiger partial charge in [-0.3, -0.25) is 9.69 Å². The minimum Gasteiger partial charge on any atom is -0.477 e. The molecule has 3 aromatic carbocycles. The lowest BCUT2D eigenvalue weighted by Crippen LogP contribution is -2.42. The Morgan fingerprint density at radius 1 is 0.975 bits per heavy atom. The molecule has 7 nitrogen and oxygen atoms in total. The number of rotatable bonds is 9. The van der Waals surface area contributed by atoms with Crippen molar-refractivity contribution in [3.8, 4) is 0 Å². The molecule has 0 saturated carbocycles. The first-order valence-corrected chi connectivity index (χ1v) is 13.8. The number of aliphatic carboxylic acids is 1. The largest absolute Gasteiger partial charge is 0.477 e. The van der Waals surface area contributed by atoms with Crippen LogP contribution in [0.3, 0.4) is 0 Å². The van der Waals surface area contributed by atoms with Crippen LogP contribution in [0, 0.1) is 3.57 Å². The summed E-state index contributed by atoms with van der Waals surface area (Å²) in [6.45, 7) is -1.14. The van der Waals surface area contributed by atoms with E-state index >= 15 is 0 Å². The molecule has 0 aliphatic heterocycles. The molecule has 3 aromatic rings. The van der Waals surface area contributed by atoms with Gasteiger partial charge >= 0.3 is 17.9 Å². The Morgan fingerprint density at radius 3 is 2.33 bits per heavy atom. The molecule has 0 bridgehead atoms. The van der Waals surface area contributed by atoms with Crippen LogP contribution in [0.25, 0.3) is 5.57 Å². The van der Waals surface area contributed by atoms with Crippen LogP contribution in [0.1, 0.15) is 47.2 Å². The van der Waals surface area contributed by atoms with E-state index in [0.29, 0.717) is 16.9 Å². The van der Waals surface area contributed by atoms with Crippen molar-refractivity contribution in [3.05, 3.63) is 99.1 Å². The second-order valence-electron chi connectivity index (χ2n) is 9.44. The van der Waals surface area contributed by atoms with Crippen LogP contribution in [-0.2, 0) is 11.3 Å². The average molecular weight is 659 g/mol. The van der Waals surface area contributed by atoms with Gasteiger partial charge in [-0.25, -0.2) is 9.59 Å². The molecule has 40 heavy (non-hydrogen) atoms. The number of hydrogen-bond acceptors (Lipinski definition) is 3. The fraction of sp³-hybridized carbons (Fsp3) is 0.233. The van der Waals surface area contributed by atoms with E-state index in [9.17, 15) is 23.2 Å². The zero-order valence-corrected chi connectivity index (χ0v) is 23.7. The molecule has 0 spiro atoms. The molecule has 3 amide bonds. The number of carbonyl (C=O) groups excluding carboxylic acids is 2. The smallest absolute Gasteiger partial charge is 0.376 e. The number of anilines is 2. The first kappa shape index (κ1) is 29.2. The molecule has 3 N–H and O–H groups in total. The van der Waals surface area contributed by atoms with Crippen LogP contribution >= 0.6 is 22.6 Å². The third-order valence-electron chi connectivity index (χ3n) is 6.50. The van der Waals surface area contributed by atoms with Crippen LogP contribution < -0.4 is 15.5 Å². The second-order valence-corrected chi connectivity index (χ2v) is 10.7. The van der Waals surface area contributed by atoms with Crippen molar-refractivity contribution >= 4 is 57.4 Å². The van der Waals surface area contributed by atoms with Gasteiger partial charge < -0.3 is 15.7 Å². The summed E-state index contributed by atoms with van der Waals surface area (Å²) in [5, 5.41) is 13.4. The third kappa shape index (κ3) is 7.65. The number of carbonyl (C=O) groups is 3. The number of alkyl halides is 2. The van der Waals surface area contributed by atoms with E-state index in [1.165, 1.54) is 24.1 Å². The number of benzene rings is 3. The molecule has 0 atom stereocenters. The van der Waals surface area contributed by atoms with Gasteiger partial charge in [-0.15, -0.1) is 0 Å². The average Bonchev–Trinajstić information content (AvgIpc) is 2.95. The Bertz CT molecular complexity index is 1410. The Kier molecular flexibility index (Phi) is 9.51. The molecule has 0 heterocycles. The molecule has 0 aromatic heterocycles. The Balaban J connectivity index is 1.52. The van der Waals surface area contributed by atoms with E-state index in [0.717, 1.165) is 28.4 Å². The quantitative estimate of drug-likeness (QED) is 0.217. The van der Waals surface area contributed by atoms with Crippen molar-refractivity contribution in [2.75, 3.05) is 16.8 Å². The summed E-state index contributed by atoms with van der Waals surface area (Å²) in [5.74, 6) is -7.20. The highest BCUT2D eigenvalue weighted by molar-refractivity contribution is 14.1. The minimum atomic E-state index is -4.07. The lowest BCUT2D eigenvalue weighted by atomic mass is 9.93. The first-order chi connectivity index (χ1) is 19.1. The van der Waals surface area contributed by atoms with Crippen LogP contribution in [-0.4, -0.2) is 35.5 Å². The topological polar surface area (TPSA) is 98.7 Å². The number of carboxylic acids is 1. The van der Waals surface area contributed by atoms with Gasteiger partial charge in [0, 0.05) is 20.5 Å². The first-order valence-electron chi connectivity index (χ1n) is 12.7. The molecule has 0 radical (unpaired) electrons. The van der Waals surface area contributed by atoms with Gasteiger partial charge in [0.15, 0.2) is 0 Å². The molecular weight excluding hydrogens is 631 g/mol. The summed E-state index contributed by atoms with van der Waals surface area (Å²) in [6.07, 6.45) is 6.72. The highest BCUT2D eigenvalue weighted by atomic mass is 127. The zero-order chi connectivity index (χ0) is 28.7. The summed E-state index contributed by atoms with van der Waals surface area (Å²) in [4.78, 5) is 37.9. The summed E-state index contributed by atoms with van der Waals surface area (Å²) in [5.41, 5.74) is 4.55. The van der Waals surface area contributed by atoms with E-state index in [4.69, 9.17) is 5.11 Å². The molecule has 0 saturated heterocycles. The fourth-order valence-electron chi connectivity index (χ4n) is 4.31. The molecule has 4 rings (SSSR count). The van der Waals surface area contributed by atoms with Crippen molar-refractivity contribution in [3.63, 3.8) is 0 Å². The summed E-state index contributed by atoms with van der Waals surface area (Å²) in [7, 11) is 0. The van der Waals surface area contributed by atoms with Crippen molar-refractivity contribution < 1.29 is 28.3 Å². The number of nitrogens with zero attached hydrogens (tertiary/aromatic N) is 1. The number of halogens is 3. The number of allylic oxidation sites excluding steroid dienone is 2. The molecule has 0 unspecified atom stereocenters. The van der Waals surface area contributed by atoms with E-state index < -0.39 is 24.3 Å². The fourth-order valence-corrected chi connectivity index (χ4v) is 4.85. The number of nitrogens with one attached hydrogen (secondary N) is 2. The Morgan fingerprint density at radius 2 is 1.70 bits per heavy atom. The summed E-state index contributed by atoms with van der Waals surface area (Å²) in [6, 6.07) is 21.1. The van der Waals surface area contributed by atoms with Crippen molar-refractivity contribution in [2.45, 2.75) is 38.2 Å². The van der Waals surface area contributed by atoms with Gasteiger partial charge in [0.25, 0.3) is 5.91 Å². The van der Waals surface area contributed by atoms with E-state index in [-0.39, 0.29) is 18.1 Å². The number of hydrogen-bond donors (Lipinski definition) is 3. The number of amides is 3. The van der Waals surface area contributed by atoms with E-state index in [1.54, 1.807) is 23.1 Å². The monoisotopic (exact) mass is 659 g/mol. The van der Waals surface area contributed by atoms with Crippen LogP contribution in [0.4, 0.5) is 25.0 Å². The van der Waals surface area contributed by atoms with E-state index in [2.05, 4.69) is 34.0 Å². The maximum atomic E-state index is 13.4. The lowest BCUT2D eigenvalue weighted by molar-refractivity contribution is -0.163. The van der Waals surface area contributed by atoms with Gasteiger partial charge in [0.2, 0.25) is 0 Å². The van der Waals surface area contributed by atoms with Gasteiger partial charge in [0.05, 0.1) is 13.1 Å². The van der Waals surface area contributed by atoms with Crippen molar-refractivity contribution in [1.29, 1.82) is 0 Å². The van der Waals surface area contributed by atoms with Crippen LogP contribution in [0.2, 0.25) is 0 Å². The molecule has 0 fully saturated rings. The van der Waals surface area contributed by atoms with Gasteiger partial charge in [-0.05, 0) is 107 Å². The standard InChI is InChI=1S/C30H28F2IN3O4/c31-30(32,28(38)39)19-34-27(37)23-11-9-20(10-12-23)18-36(29(40)35-25-8-4-7-24(33)17-25)26-15-13-22(14-16-26)21-5-2-1-3-6-21/h4-5,7-17H,1-3,6,18-19H2,(H,34,37)(H,35,40)(H,38,39). The Hall–Kier alpha value is -3.80. The highest BCUT2D eigenvalue weighted by Gasteiger charge is 2.39. The third-order valence-corrected chi connectivity index (χ3v) is 7.17. The summed E-state index contributed by atoms with van der Waals surface area (Å²) < 4.78 is 27.6. The molecule has 208 valence electrons. The predicted octanol–water partition coefficient (Wildman–Crippen LogP) is 6.94. The van der Waals surface area contributed by atoms with Crippen LogP contribution in [0.15, 0.2) is 78.9 Å². The molecule has 1 aliphatic carbocycles. The zero-order valence-electron chi connectivity index (χ0n) is 21.5. The van der Waals surface area contributed by atoms with Crippen molar-refractivity contribution in [1.82, 2.24) is 5.32 Å². The predicted molar refractivity (Wildman–Crippen MR) is 159 cm³/mol. The number of carboxylic acid groups (broad SMARTS) is 1. The van der Waals surface area contributed by atoms with Gasteiger partial charge in [-0.2, -0.15) is 8.78 Å². The molecular formula is C30H28F2IN3O4. The number of urea groups is 1. The normalized spacial score (nSPS) is 13.2. The maximum Gasteiger partial charge on any atom is 0.376 e. The lowest BCUT2D eigenvalue weighted by Gasteiger charge is -2.24. The molecule has 10 heteroatoms. The van der Waals surface area contributed by atoms with Crippen LogP contribution in [0.5, 0.6) is 0 Å². The highest BCUT2D eigenvalue weighted by Crippen LogP contribution is 2.29. The molecule has 1 aliphatic rings. The Labute approximate surface area is 244 Å². The van der Waals surface area contributed by atoms with E-state index in [1.807, 2.05) is 47.8 Å². The van der Waals surface area contributed by atoms with Gasteiger partial charge in [0.1, 0.15) is 0 Å².